The molecule has 0 aliphatic carbocycles. The maximum absolute atomic E-state index is 13.8. The van der Waals surface area contributed by atoms with Crippen LogP contribution in [0.25, 0.3) is 0 Å². The lowest BCUT2D eigenvalue weighted by Crippen LogP contribution is -2.51. The second kappa shape index (κ2) is 13.8. The van der Waals surface area contributed by atoms with Gasteiger partial charge in [-0.2, -0.15) is 0 Å². The van der Waals surface area contributed by atoms with E-state index in [9.17, 15) is 22.4 Å². The van der Waals surface area contributed by atoms with Crippen molar-refractivity contribution < 1.29 is 31.9 Å². The predicted octanol–water partition coefficient (Wildman–Crippen LogP) is 3.98. The number of benzene rings is 3. The smallest absolute Gasteiger partial charge is 0.264 e. The Hall–Kier alpha value is -4.12. The fourth-order valence-electron chi connectivity index (χ4n) is 4.01. The van der Waals surface area contributed by atoms with Gasteiger partial charge in [-0.15, -0.1) is 0 Å². The first kappa shape index (κ1) is 30.4. The summed E-state index contributed by atoms with van der Waals surface area (Å²) in [5, 5.41) is 2.71. The number of amides is 2. The Morgan fingerprint density at radius 2 is 1.65 bits per heavy atom. The highest BCUT2D eigenvalue weighted by atomic mass is 32.2. The minimum atomic E-state index is -4.28. The number of hydrogen-bond donors (Lipinski definition) is 1. The quantitative estimate of drug-likeness (QED) is 0.333. The van der Waals surface area contributed by atoms with Crippen molar-refractivity contribution >= 4 is 27.5 Å². The third-order valence-electron chi connectivity index (χ3n) is 6.12. The molecule has 3 rings (SSSR count). The normalized spacial score (nSPS) is 11.8. The minimum Gasteiger partial charge on any atom is -0.497 e. The summed E-state index contributed by atoms with van der Waals surface area (Å²) in [5.74, 6) is -0.507. The molecule has 1 atom stereocenters. The van der Waals surface area contributed by atoms with Crippen LogP contribution in [0.4, 0.5) is 10.1 Å². The van der Waals surface area contributed by atoms with E-state index in [0.29, 0.717) is 30.2 Å². The largest absolute Gasteiger partial charge is 0.497 e. The monoisotopic (exact) mass is 571 g/mol. The van der Waals surface area contributed by atoms with Crippen LogP contribution in [-0.4, -0.2) is 58.0 Å². The van der Waals surface area contributed by atoms with Crippen LogP contribution in [0.2, 0.25) is 0 Å². The average Bonchev–Trinajstić information content (AvgIpc) is 2.95. The van der Waals surface area contributed by atoms with Crippen molar-refractivity contribution in [3.8, 4) is 11.5 Å². The van der Waals surface area contributed by atoms with E-state index in [1.807, 2.05) is 6.92 Å². The highest BCUT2D eigenvalue weighted by Crippen LogP contribution is 2.26. The molecule has 1 N–H and O–H groups in total. The Morgan fingerprint density at radius 3 is 2.25 bits per heavy atom. The van der Waals surface area contributed by atoms with Gasteiger partial charge in [-0.05, 0) is 87.0 Å². The number of halogens is 1. The van der Waals surface area contributed by atoms with Crippen LogP contribution in [-0.2, 0) is 26.2 Å². The highest BCUT2D eigenvalue weighted by molar-refractivity contribution is 7.92. The topological polar surface area (TPSA) is 105 Å². The summed E-state index contributed by atoms with van der Waals surface area (Å²) < 4.78 is 53.0. The number of rotatable bonds is 13. The zero-order chi connectivity index (χ0) is 29.3. The van der Waals surface area contributed by atoms with Crippen molar-refractivity contribution in [3.63, 3.8) is 0 Å². The number of hydrogen-bond acceptors (Lipinski definition) is 6. The molecule has 0 radical (unpaired) electrons. The van der Waals surface area contributed by atoms with E-state index in [4.69, 9.17) is 9.47 Å². The zero-order valence-corrected chi connectivity index (χ0v) is 23.8. The lowest BCUT2D eigenvalue weighted by atomic mass is 10.1. The molecular formula is C29H34FN3O6S. The van der Waals surface area contributed by atoms with Crippen LogP contribution in [0.5, 0.6) is 11.5 Å². The SMILES string of the molecule is CCNC(=O)[C@@H](C)N(Cc1cccc(OC)c1)C(=O)CN(c1ccc(F)cc1)S(=O)(=O)c1ccc(OCC)cc1. The highest BCUT2D eigenvalue weighted by Gasteiger charge is 2.32. The first-order chi connectivity index (χ1) is 19.1. The summed E-state index contributed by atoms with van der Waals surface area (Å²) in [6.07, 6.45) is 0. The van der Waals surface area contributed by atoms with E-state index in [1.54, 1.807) is 38.1 Å². The van der Waals surface area contributed by atoms with Crippen LogP contribution < -0.4 is 19.1 Å². The lowest BCUT2D eigenvalue weighted by Gasteiger charge is -2.32. The number of carbonyl (C=O) groups excluding carboxylic acids is 2. The van der Waals surface area contributed by atoms with Crippen molar-refractivity contribution in [2.45, 2.75) is 38.3 Å². The first-order valence-corrected chi connectivity index (χ1v) is 14.3. The third-order valence-corrected chi connectivity index (χ3v) is 7.91. The van der Waals surface area contributed by atoms with Crippen LogP contribution in [0.15, 0.2) is 77.7 Å². The van der Waals surface area contributed by atoms with Crippen molar-refractivity contribution in [3.05, 3.63) is 84.2 Å². The maximum Gasteiger partial charge on any atom is 0.264 e. The number of anilines is 1. The molecule has 0 aromatic heterocycles. The molecule has 0 aliphatic heterocycles. The van der Waals surface area contributed by atoms with Crippen molar-refractivity contribution in [1.29, 1.82) is 0 Å². The van der Waals surface area contributed by atoms with Gasteiger partial charge >= 0.3 is 0 Å². The molecule has 0 saturated carbocycles. The Balaban J connectivity index is 2.02. The average molecular weight is 572 g/mol. The Labute approximate surface area is 234 Å². The molecule has 0 spiro atoms. The number of carbonyl (C=O) groups is 2. The van der Waals surface area contributed by atoms with Gasteiger partial charge in [-0.3, -0.25) is 13.9 Å². The molecule has 0 bridgehead atoms. The van der Waals surface area contributed by atoms with Gasteiger partial charge in [0.25, 0.3) is 10.0 Å². The molecule has 0 unspecified atom stereocenters. The molecule has 9 nitrogen and oxygen atoms in total. The summed E-state index contributed by atoms with van der Waals surface area (Å²) in [4.78, 5) is 27.8. The van der Waals surface area contributed by atoms with Gasteiger partial charge in [0, 0.05) is 13.1 Å². The van der Waals surface area contributed by atoms with Crippen LogP contribution in [0, 0.1) is 5.82 Å². The molecule has 0 aliphatic rings. The van der Waals surface area contributed by atoms with E-state index in [1.165, 1.54) is 48.4 Å². The molecular weight excluding hydrogens is 537 g/mol. The summed E-state index contributed by atoms with van der Waals surface area (Å²) in [6, 6.07) is 16.7. The molecule has 3 aromatic rings. The van der Waals surface area contributed by atoms with Gasteiger partial charge in [0.2, 0.25) is 11.8 Å². The molecule has 0 saturated heterocycles. The molecule has 40 heavy (non-hydrogen) atoms. The molecule has 0 fully saturated rings. The molecule has 2 amide bonds. The third kappa shape index (κ3) is 7.50. The van der Waals surface area contributed by atoms with E-state index < -0.39 is 34.3 Å². The molecule has 3 aromatic carbocycles. The number of methoxy groups -OCH3 is 1. The van der Waals surface area contributed by atoms with Gasteiger partial charge in [-0.25, -0.2) is 12.8 Å². The van der Waals surface area contributed by atoms with Crippen molar-refractivity contribution in [2.75, 3.05) is 31.1 Å². The van der Waals surface area contributed by atoms with Gasteiger partial charge in [0.15, 0.2) is 0 Å². The molecule has 11 heteroatoms. The van der Waals surface area contributed by atoms with Crippen LogP contribution >= 0.6 is 0 Å². The van der Waals surface area contributed by atoms with Gasteiger partial charge in [0.05, 0.1) is 24.3 Å². The number of nitrogens with zero attached hydrogens (tertiary/aromatic N) is 2. The van der Waals surface area contributed by atoms with E-state index in [0.717, 1.165) is 16.4 Å². The summed E-state index contributed by atoms with van der Waals surface area (Å²) >= 11 is 0. The Morgan fingerprint density at radius 1 is 0.975 bits per heavy atom. The zero-order valence-electron chi connectivity index (χ0n) is 23.0. The standard InChI is InChI=1S/C29H34FN3O6S/c1-5-31-29(35)21(3)32(19-22-8-7-9-26(18-22)38-4)28(34)20-33(24-12-10-23(30)11-13-24)40(36,37)27-16-14-25(15-17-27)39-6-2/h7-18,21H,5-6,19-20H2,1-4H3,(H,31,35)/t21-/m1/s1. The Kier molecular flexibility index (Phi) is 10.5. The van der Waals surface area contributed by atoms with Gasteiger partial charge < -0.3 is 19.7 Å². The van der Waals surface area contributed by atoms with E-state index in [-0.39, 0.29) is 23.0 Å². The number of ether oxygens (including phenoxy) is 2. The second-order valence-electron chi connectivity index (χ2n) is 8.84. The Bertz CT molecular complexity index is 1400. The molecule has 214 valence electrons. The lowest BCUT2D eigenvalue weighted by molar-refractivity contribution is -0.139. The summed E-state index contributed by atoms with van der Waals surface area (Å²) in [5.41, 5.74) is 0.780. The number of likely N-dealkylation sites (N-methyl/N-ethyl adjacent to an activating group) is 1. The first-order valence-electron chi connectivity index (χ1n) is 12.8. The number of nitrogens with one attached hydrogen (secondary N) is 1. The summed E-state index contributed by atoms with van der Waals surface area (Å²) in [7, 11) is -2.76. The van der Waals surface area contributed by atoms with E-state index >= 15 is 0 Å². The van der Waals surface area contributed by atoms with E-state index in [2.05, 4.69) is 5.32 Å². The van der Waals surface area contributed by atoms with Crippen LogP contribution in [0.1, 0.15) is 26.3 Å². The fraction of sp³-hybridized carbons (Fsp3) is 0.310. The van der Waals surface area contributed by atoms with Crippen molar-refractivity contribution in [2.24, 2.45) is 0 Å². The van der Waals surface area contributed by atoms with Crippen LogP contribution in [0.3, 0.4) is 0 Å². The molecule has 0 heterocycles. The maximum atomic E-state index is 13.8. The fourth-order valence-corrected chi connectivity index (χ4v) is 5.42. The predicted molar refractivity (Wildman–Crippen MR) is 150 cm³/mol. The summed E-state index contributed by atoms with van der Waals surface area (Å²) in [6.45, 7) is 5.31. The number of sulfonamides is 1. The van der Waals surface area contributed by atoms with Gasteiger partial charge in [0.1, 0.15) is 29.9 Å². The second-order valence-corrected chi connectivity index (χ2v) is 10.7. The van der Waals surface area contributed by atoms with Crippen molar-refractivity contribution in [1.82, 2.24) is 10.2 Å². The van der Waals surface area contributed by atoms with Gasteiger partial charge in [-0.1, -0.05) is 12.1 Å². The minimum absolute atomic E-state index is 0.0225.